The van der Waals surface area contributed by atoms with Crippen LogP contribution in [0.15, 0.2) is 24.3 Å². The summed E-state index contributed by atoms with van der Waals surface area (Å²) in [6.45, 7) is 2.07. The van der Waals surface area contributed by atoms with Gasteiger partial charge in [0.1, 0.15) is 5.82 Å². The molecule has 0 spiro atoms. The molecule has 0 aromatic heterocycles. The quantitative estimate of drug-likeness (QED) is 0.922. The zero-order chi connectivity index (χ0) is 16.9. The van der Waals surface area contributed by atoms with Gasteiger partial charge in [0.15, 0.2) is 0 Å². The van der Waals surface area contributed by atoms with E-state index in [1.165, 1.54) is 18.9 Å². The number of hydrogen-bond acceptors (Lipinski definition) is 2. The van der Waals surface area contributed by atoms with Crippen molar-refractivity contribution in [1.29, 1.82) is 0 Å². The van der Waals surface area contributed by atoms with Gasteiger partial charge in [-0.2, -0.15) is 0 Å². The SMILES string of the molecule is O=C(Cc1ccccc1F)N1CCN(C(=O)NC2CCCC2)CC1. The molecule has 1 heterocycles. The first-order valence-corrected chi connectivity index (χ1v) is 8.70. The van der Waals surface area contributed by atoms with Gasteiger partial charge in [-0.05, 0) is 24.5 Å². The third-order valence-corrected chi connectivity index (χ3v) is 4.90. The number of carbonyl (C=O) groups excluding carboxylic acids is 2. The minimum absolute atomic E-state index is 0.0249. The Bertz CT molecular complexity index is 594. The monoisotopic (exact) mass is 333 g/mol. The minimum Gasteiger partial charge on any atom is -0.339 e. The predicted octanol–water partition coefficient (Wildman–Crippen LogP) is 2.16. The van der Waals surface area contributed by atoms with E-state index in [2.05, 4.69) is 5.32 Å². The van der Waals surface area contributed by atoms with Crippen LogP contribution < -0.4 is 5.32 Å². The van der Waals surface area contributed by atoms with Crippen LogP contribution >= 0.6 is 0 Å². The Kier molecular flexibility index (Phi) is 5.33. The molecule has 130 valence electrons. The first kappa shape index (κ1) is 16.7. The molecule has 3 amide bonds. The van der Waals surface area contributed by atoms with E-state index in [4.69, 9.17) is 0 Å². The number of rotatable bonds is 3. The van der Waals surface area contributed by atoms with Gasteiger partial charge in [-0.1, -0.05) is 31.0 Å². The van der Waals surface area contributed by atoms with Crippen LogP contribution in [0, 0.1) is 5.82 Å². The van der Waals surface area contributed by atoms with Crippen molar-refractivity contribution in [3.8, 4) is 0 Å². The standard InChI is InChI=1S/C18H24FN3O2/c19-16-8-4-1-5-14(16)13-17(23)21-9-11-22(12-10-21)18(24)20-15-6-2-3-7-15/h1,4-5,8,15H,2-3,6-7,9-13H2,(H,20,24). The Labute approximate surface area is 141 Å². The summed E-state index contributed by atoms with van der Waals surface area (Å²) in [5.74, 6) is -0.434. The van der Waals surface area contributed by atoms with Gasteiger partial charge in [0.25, 0.3) is 0 Å². The Morgan fingerprint density at radius 3 is 2.33 bits per heavy atom. The Morgan fingerprint density at radius 1 is 1.04 bits per heavy atom. The van der Waals surface area contributed by atoms with Crippen LogP contribution in [0.4, 0.5) is 9.18 Å². The van der Waals surface area contributed by atoms with E-state index >= 15 is 0 Å². The zero-order valence-electron chi connectivity index (χ0n) is 13.8. The van der Waals surface area contributed by atoms with Crippen molar-refractivity contribution in [2.75, 3.05) is 26.2 Å². The molecule has 1 aromatic rings. The number of nitrogens with one attached hydrogen (secondary N) is 1. The highest BCUT2D eigenvalue weighted by molar-refractivity contribution is 5.79. The first-order valence-electron chi connectivity index (χ1n) is 8.70. The average molecular weight is 333 g/mol. The third kappa shape index (κ3) is 4.04. The van der Waals surface area contributed by atoms with E-state index < -0.39 is 0 Å². The Morgan fingerprint density at radius 2 is 1.67 bits per heavy atom. The molecule has 1 saturated heterocycles. The Balaban J connectivity index is 1.46. The van der Waals surface area contributed by atoms with Crippen LogP contribution in [-0.4, -0.2) is 54.0 Å². The lowest BCUT2D eigenvalue weighted by molar-refractivity contribution is -0.131. The van der Waals surface area contributed by atoms with E-state index in [0.717, 1.165) is 12.8 Å². The number of urea groups is 1. The number of nitrogens with zero attached hydrogens (tertiary/aromatic N) is 2. The largest absolute Gasteiger partial charge is 0.339 e. The molecule has 0 bridgehead atoms. The maximum Gasteiger partial charge on any atom is 0.317 e. The molecular formula is C18H24FN3O2. The van der Waals surface area contributed by atoms with Crippen molar-refractivity contribution in [3.63, 3.8) is 0 Å². The number of amides is 3. The molecule has 6 heteroatoms. The smallest absolute Gasteiger partial charge is 0.317 e. The van der Waals surface area contributed by atoms with Crippen molar-refractivity contribution in [1.82, 2.24) is 15.1 Å². The fraction of sp³-hybridized carbons (Fsp3) is 0.556. The van der Waals surface area contributed by atoms with Crippen molar-refractivity contribution < 1.29 is 14.0 Å². The van der Waals surface area contributed by atoms with E-state index in [9.17, 15) is 14.0 Å². The summed E-state index contributed by atoms with van der Waals surface area (Å²) in [6, 6.07) is 6.63. The van der Waals surface area contributed by atoms with Gasteiger partial charge >= 0.3 is 6.03 Å². The molecule has 1 aliphatic carbocycles. The van der Waals surface area contributed by atoms with Gasteiger partial charge in [0, 0.05) is 32.2 Å². The molecule has 1 saturated carbocycles. The summed E-state index contributed by atoms with van der Waals surface area (Å²) in [5.41, 5.74) is 0.420. The number of piperazine rings is 1. The zero-order valence-corrected chi connectivity index (χ0v) is 13.8. The van der Waals surface area contributed by atoms with E-state index in [1.54, 1.807) is 28.0 Å². The van der Waals surface area contributed by atoms with Crippen molar-refractivity contribution in [2.24, 2.45) is 0 Å². The van der Waals surface area contributed by atoms with Crippen LogP contribution in [0.3, 0.4) is 0 Å². The molecule has 2 fully saturated rings. The summed E-state index contributed by atoms with van der Waals surface area (Å²) >= 11 is 0. The average Bonchev–Trinajstić information content (AvgIpc) is 3.10. The van der Waals surface area contributed by atoms with E-state index in [0.29, 0.717) is 37.8 Å². The first-order chi connectivity index (χ1) is 11.6. The van der Waals surface area contributed by atoms with Crippen LogP contribution in [0.25, 0.3) is 0 Å². The van der Waals surface area contributed by atoms with Crippen LogP contribution in [0.1, 0.15) is 31.2 Å². The predicted molar refractivity (Wildman–Crippen MR) is 89.0 cm³/mol. The lowest BCUT2D eigenvalue weighted by atomic mass is 10.1. The maximum absolute atomic E-state index is 13.6. The van der Waals surface area contributed by atoms with Crippen LogP contribution in [0.5, 0.6) is 0 Å². The Hall–Kier alpha value is -2.11. The summed E-state index contributed by atoms with van der Waals surface area (Å²) in [4.78, 5) is 28.0. The van der Waals surface area contributed by atoms with Crippen LogP contribution in [0.2, 0.25) is 0 Å². The molecule has 24 heavy (non-hydrogen) atoms. The molecule has 2 aliphatic rings. The number of carbonyl (C=O) groups is 2. The molecule has 1 aliphatic heterocycles. The number of benzene rings is 1. The fourth-order valence-corrected chi connectivity index (χ4v) is 3.41. The van der Waals surface area contributed by atoms with Gasteiger partial charge in [-0.15, -0.1) is 0 Å². The van der Waals surface area contributed by atoms with E-state index in [-0.39, 0.29) is 24.2 Å². The lowest BCUT2D eigenvalue weighted by Crippen LogP contribution is -2.54. The second-order valence-corrected chi connectivity index (χ2v) is 6.57. The highest BCUT2D eigenvalue weighted by atomic mass is 19.1. The fourth-order valence-electron chi connectivity index (χ4n) is 3.41. The van der Waals surface area contributed by atoms with Crippen LogP contribution in [-0.2, 0) is 11.2 Å². The molecule has 5 nitrogen and oxygen atoms in total. The minimum atomic E-state index is -0.347. The third-order valence-electron chi connectivity index (χ3n) is 4.90. The van der Waals surface area contributed by atoms with Gasteiger partial charge in [-0.25, -0.2) is 9.18 Å². The topological polar surface area (TPSA) is 52.7 Å². The molecule has 0 atom stereocenters. The summed E-state index contributed by atoms with van der Waals surface area (Å²) in [5, 5.41) is 3.07. The molecule has 0 radical (unpaired) electrons. The highest BCUT2D eigenvalue weighted by Gasteiger charge is 2.26. The normalized spacial score (nSPS) is 18.7. The molecule has 0 unspecified atom stereocenters. The molecule has 1 N–H and O–H groups in total. The molecular weight excluding hydrogens is 309 g/mol. The van der Waals surface area contributed by atoms with Gasteiger partial charge in [-0.3, -0.25) is 4.79 Å². The molecule has 3 rings (SSSR count). The second kappa shape index (κ2) is 7.64. The summed E-state index contributed by atoms with van der Waals surface area (Å²) in [7, 11) is 0. The number of hydrogen-bond donors (Lipinski definition) is 1. The number of halogens is 1. The van der Waals surface area contributed by atoms with E-state index in [1.807, 2.05) is 0 Å². The maximum atomic E-state index is 13.6. The van der Waals surface area contributed by atoms with Crippen molar-refractivity contribution in [2.45, 2.75) is 38.1 Å². The summed E-state index contributed by atoms with van der Waals surface area (Å²) in [6.07, 6.45) is 4.56. The second-order valence-electron chi connectivity index (χ2n) is 6.57. The highest BCUT2D eigenvalue weighted by Crippen LogP contribution is 2.18. The van der Waals surface area contributed by atoms with Gasteiger partial charge < -0.3 is 15.1 Å². The van der Waals surface area contributed by atoms with Gasteiger partial charge in [0.2, 0.25) is 5.91 Å². The van der Waals surface area contributed by atoms with Gasteiger partial charge in [0.05, 0.1) is 6.42 Å². The van der Waals surface area contributed by atoms with Crippen molar-refractivity contribution in [3.05, 3.63) is 35.6 Å². The summed E-state index contributed by atoms with van der Waals surface area (Å²) < 4.78 is 13.6. The lowest BCUT2D eigenvalue weighted by Gasteiger charge is -2.35. The molecule has 1 aromatic carbocycles. The van der Waals surface area contributed by atoms with Crippen molar-refractivity contribution >= 4 is 11.9 Å².